The minimum atomic E-state index is -0.286. The van der Waals surface area contributed by atoms with Crippen molar-refractivity contribution in [3.05, 3.63) is 63.5 Å². The zero-order valence-corrected chi connectivity index (χ0v) is 14.8. The van der Waals surface area contributed by atoms with E-state index in [1.165, 1.54) is 11.3 Å². The molecule has 24 heavy (non-hydrogen) atoms. The van der Waals surface area contributed by atoms with Gasteiger partial charge in [-0.25, -0.2) is 4.68 Å². The summed E-state index contributed by atoms with van der Waals surface area (Å²) in [6.45, 7) is -0.0880. The number of amides is 2. The van der Waals surface area contributed by atoms with Gasteiger partial charge in [0.1, 0.15) is 0 Å². The highest BCUT2D eigenvalue weighted by molar-refractivity contribution is 9.11. The number of benzene rings is 1. The molecule has 2 heterocycles. The Bertz CT molecular complexity index is 843. The number of hydrogen-bond acceptors (Lipinski definition) is 4. The maximum Gasteiger partial charge on any atom is 0.261 e. The van der Waals surface area contributed by atoms with Gasteiger partial charge in [-0.2, -0.15) is 5.10 Å². The van der Waals surface area contributed by atoms with Gasteiger partial charge in [0.15, 0.2) is 0 Å². The first-order chi connectivity index (χ1) is 11.6. The zero-order chi connectivity index (χ0) is 16.9. The Balaban J connectivity index is 1.52. The summed E-state index contributed by atoms with van der Waals surface area (Å²) in [6.07, 6.45) is 3.54. The number of rotatable bonds is 5. The smallest absolute Gasteiger partial charge is 0.261 e. The Morgan fingerprint density at radius 1 is 1.17 bits per heavy atom. The Hall–Kier alpha value is -2.45. The average molecular weight is 405 g/mol. The van der Waals surface area contributed by atoms with Crippen molar-refractivity contribution in [1.29, 1.82) is 0 Å². The summed E-state index contributed by atoms with van der Waals surface area (Å²) in [5.74, 6) is -0.555. The lowest BCUT2D eigenvalue weighted by Crippen LogP contribution is -2.32. The third-order valence-corrected chi connectivity index (χ3v) is 4.75. The summed E-state index contributed by atoms with van der Waals surface area (Å²) in [4.78, 5) is 24.4. The average Bonchev–Trinajstić information content (AvgIpc) is 3.25. The van der Waals surface area contributed by atoms with Crippen LogP contribution in [0, 0.1) is 0 Å². The van der Waals surface area contributed by atoms with Crippen LogP contribution in [0.5, 0.6) is 0 Å². The number of nitrogens with zero attached hydrogens (tertiary/aromatic N) is 2. The molecule has 2 amide bonds. The normalized spacial score (nSPS) is 10.4. The Kier molecular flexibility index (Phi) is 5.07. The Labute approximate surface area is 150 Å². The fraction of sp³-hybridized carbons (Fsp3) is 0.0625. The molecule has 1 aromatic carbocycles. The molecule has 0 spiro atoms. The first-order valence-corrected chi connectivity index (χ1v) is 8.66. The second-order valence-corrected chi connectivity index (χ2v) is 7.30. The molecule has 6 nitrogen and oxygen atoms in total. The van der Waals surface area contributed by atoms with Gasteiger partial charge in [-0.3, -0.25) is 9.59 Å². The monoisotopic (exact) mass is 404 g/mol. The number of halogens is 1. The van der Waals surface area contributed by atoms with Crippen LogP contribution in [-0.4, -0.2) is 28.1 Å². The fourth-order valence-electron chi connectivity index (χ4n) is 2.01. The molecule has 122 valence electrons. The first kappa shape index (κ1) is 16.4. The second kappa shape index (κ2) is 7.41. The third-order valence-electron chi connectivity index (χ3n) is 3.13. The Morgan fingerprint density at radius 2 is 1.96 bits per heavy atom. The number of aromatic nitrogens is 2. The molecule has 0 aliphatic carbocycles. The highest BCUT2D eigenvalue weighted by Gasteiger charge is 2.10. The third kappa shape index (κ3) is 4.09. The predicted octanol–water partition coefficient (Wildman–Crippen LogP) is 3.06. The molecule has 0 saturated carbocycles. The maximum absolute atomic E-state index is 11.9. The van der Waals surface area contributed by atoms with Crippen molar-refractivity contribution >= 4 is 44.8 Å². The lowest BCUT2D eigenvalue weighted by atomic mass is 10.3. The van der Waals surface area contributed by atoms with E-state index in [1.54, 1.807) is 35.1 Å². The van der Waals surface area contributed by atoms with E-state index in [9.17, 15) is 9.59 Å². The van der Waals surface area contributed by atoms with Crippen molar-refractivity contribution in [2.24, 2.45) is 0 Å². The molecule has 0 unspecified atom stereocenters. The van der Waals surface area contributed by atoms with Crippen molar-refractivity contribution in [1.82, 2.24) is 15.1 Å². The topological polar surface area (TPSA) is 76.0 Å². The molecule has 0 radical (unpaired) electrons. The standard InChI is InChI=1S/C16H13BrN4O2S/c17-14-7-6-13(24-14)16(23)18-10-15(22)20-11-2-4-12(5-3-11)21-9-1-8-19-21/h1-9H,10H2,(H,18,23)(H,20,22). The molecule has 0 bridgehead atoms. The Morgan fingerprint density at radius 3 is 2.58 bits per heavy atom. The quantitative estimate of drug-likeness (QED) is 0.685. The van der Waals surface area contributed by atoms with Crippen LogP contribution in [0.2, 0.25) is 0 Å². The molecular formula is C16H13BrN4O2S. The summed E-state index contributed by atoms with van der Waals surface area (Å²) in [6, 6.07) is 12.6. The molecule has 2 aromatic heterocycles. The SMILES string of the molecule is O=C(CNC(=O)c1ccc(Br)s1)Nc1ccc(-n2cccn2)cc1. The van der Waals surface area contributed by atoms with Gasteiger partial charge >= 0.3 is 0 Å². The summed E-state index contributed by atoms with van der Waals surface area (Å²) >= 11 is 4.61. The van der Waals surface area contributed by atoms with Crippen LogP contribution >= 0.6 is 27.3 Å². The van der Waals surface area contributed by atoms with Crippen LogP contribution in [-0.2, 0) is 4.79 Å². The molecule has 0 aliphatic rings. The van der Waals surface area contributed by atoms with E-state index in [4.69, 9.17) is 0 Å². The number of nitrogens with one attached hydrogen (secondary N) is 2. The van der Waals surface area contributed by atoms with Gasteiger partial charge in [-0.05, 0) is 58.4 Å². The van der Waals surface area contributed by atoms with Crippen LogP contribution in [0.3, 0.4) is 0 Å². The number of carbonyl (C=O) groups is 2. The van der Waals surface area contributed by atoms with Gasteiger partial charge in [0.2, 0.25) is 5.91 Å². The lowest BCUT2D eigenvalue weighted by molar-refractivity contribution is -0.115. The minimum absolute atomic E-state index is 0.0880. The predicted molar refractivity (Wildman–Crippen MR) is 96.5 cm³/mol. The number of hydrogen-bond donors (Lipinski definition) is 2. The minimum Gasteiger partial charge on any atom is -0.342 e. The summed E-state index contributed by atoms with van der Waals surface area (Å²) in [7, 11) is 0. The molecule has 0 saturated heterocycles. The second-order valence-electron chi connectivity index (χ2n) is 4.83. The number of thiophene rings is 1. The zero-order valence-electron chi connectivity index (χ0n) is 12.4. The highest BCUT2D eigenvalue weighted by atomic mass is 79.9. The van der Waals surface area contributed by atoms with Crippen molar-refractivity contribution in [3.8, 4) is 5.69 Å². The van der Waals surface area contributed by atoms with E-state index < -0.39 is 0 Å². The van der Waals surface area contributed by atoms with Gasteiger partial charge in [0.25, 0.3) is 5.91 Å². The molecule has 3 aromatic rings. The van der Waals surface area contributed by atoms with Gasteiger partial charge in [-0.15, -0.1) is 11.3 Å². The molecule has 8 heteroatoms. The molecule has 2 N–H and O–H groups in total. The molecular weight excluding hydrogens is 392 g/mol. The van der Waals surface area contributed by atoms with Gasteiger partial charge in [-0.1, -0.05) is 0 Å². The lowest BCUT2D eigenvalue weighted by Gasteiger charge is -2.07. The summed E-state index contributed by atoms with van der Waals surface area (Å²) < 4.78 is 2.60. The summed E-state index contributed by atoms with van der Waals surface area (Å²) in [5, 5.41) is 9.46. The van der Waals surface area contributed by atoms with E-state index in [-0.39, 0.29) is 18.4 Å². The van der Waals surface area contributed by atoms with Crippen molar-refractivity contribution < 1.29 is 9.59 Å². The van der Waals surface area contributed by atoms with Crippen molar-refractivity contribution in [2.75, 3.05) is 11.9 Å². The number of anilines is 1. The first-order valence-electron chi connectivity index (χ1n) is 7.05. The summed E-state index contributed by atoms with van der Waals surface area (Å²) in [5.41, 5.74) is 1.55. The molecule has 0 fully saturated rings. The van der Waals surface area contributed by atoms with Crippen LogP contribution in [0.15, 0.2) is 58.6 Å². The van der Waals surface area contributed by atoms with Crippen molar-refractivity contribution in [2.45, 2.75) is 0 Å². The highest BCUT2D eigenvalue weighted by Crippen LogP contribution is 2.21. The fourth-order valence-corrected chi connectivity index (χ4v) is 3.31. The van der Waals surface area contributed by atoms with Crippen LogP contribution < -0.4 is 10.6 Å². The van der Waals surface area contributed by atoms with Gasteiger partial charge < -0.3 is 10.6 Å². The van der Waals surface area contributed by atoms with E-state index in [0.29, 0.717) is 10.6 Å². The van der Waals surface area contributed by atoms with Crippen LogP contribution in [0.25, 0.3) is 5.69 Å². The molecule has 0 aliphatic heterocycles. The molecule has 3 rings (SSSR count). The maximum atomic E-state index is 11.9. The van der Waals surface area contributed by atoms with Crippen LogP contribution in [0.1, 0.15) is 9.67 Å². The van der Waals surface area contributed by atoms with E-state index >= 15 is 0 Å². The van der Waals surface area contributed by atoms with Crippen molar-refractivity contribution in [3.63, 3.8) is 0 Å². The molecule has 0 atom stereocenters. The largest absolute Gasteiger partial charge is 0.342 e. The van der Waals surface area contributed by atoms with Gasteiger partial charge in [0.05, 0.1) is 20.9 Å². The van der Waals surface area contributed by atoms with Gasteiger partial charge in [0, 0.05) is 18.1 Å². The van der Waals surface area contributed by atoms with E-state index in [2.05, 4.69) is 31.7 Å². The van der Waals surface area contributed by atoms with Crippen LogP contribution in [0.4, 0.5) is 5.69 Å². The van der Waals surface area contributed by atoms with E-state index in [0.717, 1.165) is 9.47 Å². The van der Waals surface area contributed by atoms with E-state index in [1.807, 2.05) is 24.4 Å². The number of carbonyl (C=O) groups excluding carboxylic acids is 2.